The van der Waals surface area contributed by atoms with Gasteiger partial charge in [0.2, 0.25) is 0 Å². The normalized spacial score (nSPS) is 17.1. The van der Waals surface area contributed by atoms with Crippen molar-refractivity contribution in [1.82, 2.24) is 0 Å². The molecule has 1 aromatic carbocycles. The first-order valence-corrected chi connectivity index (χ1v) is 7.39. The number of rotatable bonds is 8. The average Bonchev–Trinajstić information content (AvgIpc) is 2.79. The Kier molecular flexibility index (Phi) is 5.52. The molecule has 3 nitrogen and oxygen atoms in total. The van der Waals surface area contributed by atoms with Gasteiger partial charge in [0, 0.05) is 11.6 Å². The van der Waals surface area contributed by atoms with Gasteiger partial charge in [0.05, 0.1) is 6.61 Å². The van der Waals surface area contributed by atoms with E-state index in [2.05, 4.69) is 6.92 Å². The van der Waals surface area contributed by atoms with E-state index in [0.29, 0.717) is 6.61 Å². The molecule has 1 heterocycles. The monoisotopic (exact) mass is 264 g/mol. The zero-order valence-corrected chi connectivity index (χ0v) is 11.7. The van der Waals surface area contributed by atoms with Crippen molar-refractivity contribution in [3.63, 3.8) is 0 Å². The maximum absolute atomic E-state index is 9.62. The topological polar surface area (TPSA) is 38.7 Å². The van der Waals surface area contributed by atoms with Crippen LogP contribution in [0.3, 0.4) is 0 Å². The number of aliphatic hydroxyl groups excluding tert-OH is 1. The molecule has 0 saturated carbocycles. The Labute approximate surface area is 115 Å². The molecule has 0 bridgehead atoms. The SMILES string of the molecule is CCCCCCCCOc1ccc2c(c1)OCC2O. The Morgan fingerprint density at radius 1 is 1.21 bits per heavy atom. The lowest BCUT2D eigenvalue weighted by Gasteiger charge is -2.08. The minimum atomic E-state index is -0.484. The molecule has 0 fully saturated rings. The quantitative estimate of drug-likeness (QED) is 0.725. The third kappa shape index (κ3) is 4.13. The van der Waals surface area contributed by atoms with E-state index in [1.807, 2.05) is 18.2 Å². The number of fused-ring (bicyclic) bond motifs is 1. The summed E-state index contributed by atoms with van der Waals surface area (Å²) in [5, 5.41) is 9.62. The summed E-state index contributed by atoms with van der Waals surface area (Å²) in [5.74, 6) is 1.59. The molecular weight excluding hydrogens is 240 g/mol. The number of benzene rings is 1. The summed E-state index contributed by atoms with van der Waals surface area (Å²) in [6.45, 7) is 3.35. The molecule has 0 saturated heterocycles. The molecule has 1 aliphatic rings. The van der Waals surface area contributed by atoms with E-state index in [4.69, 9.17) is 9.47 Å². The smallest absolute Gasteiger partial charge is 0.129 e. The number of hydrogen-bond acceptors (Lipinski definition) is 3. The molecule has 0 radical (unpaired) electrons. The third-order valence-electron chi connectivity index (χ3n) is 3.51. The zero-order chi connectivity index (χ0) is 13.5. The fourth-order valence-electron chi connectivity index (χ4n) is 2.34. The van der Waals surface area contributed by atoms with E-state index in [1.54, 1.807) is 0 Å². The van der Waals surface area contributed by atoms with Gasteiger partial charge in [-0.2, -0.15) is 0 Å². The first kappa shape index (κ1) is 14.2. The highest BCUT2D eigenvalue weighted by molar-refractivity contribution is 5.44. The molecule has 106 valence electrons. The number of unbranched alkanes of at least 4 members (excludes halogenated alkanes) is 5. The molecule has 3 heteroatoms. The van der Waals surface area contributed by atoms with E-state index in [0.717, 1.165) is 30.1 Å². The number of hydrogen-bond donors (Lipinski definition) is 1. The van der Waals surface area contributed by atoms with Gasteiger partial charge in [-0.3, -0.25) is 0 Å². The summed E-state index contributed by atoms with van der Waals surface area (Å²) in [7, 11) is 0. The standard InChI is InChI=1S/C16H24O3/c1-2-3-4-5-6-7-10-18-13-8-9-14-15(17)12-19-16(14)11-13/h8-9,11,15,17H,2-7,10,12H2,1H3. The lowest BCUT2D eigenvalue weighted by molar-refractivity contribution is 0.140. The Hall–Kier alpha value is -1.22. The highest BCUT2D eigenvalue weighted by Gasteiger charge is 2.21. The second-order valence-corrected chi connectivity index (χ2v) is 5.14. The van der Waals surface area contributed by atoms with Crippen molar-refractivity contribution in [2.24, 2.45) is 0 Å². The summed E-state index contributed by atoms with van der Waals surface area (Å²) in [6.07, 6.45) is 7.12. The van der Waals surface area contributed by atoms with Crippen LogP contribution in [0, 0.1) is 0 Å². The second-order valence-electron chi connectivity index (χ2n) is 5.14. The van der Waals surface area contributed by atoms with Crippen LogP contribution < -0.4 is 9.47 Å². The van der Waals surface area contributed by atoms with Gasteiger partial charge < -0.3 is 14.6 Å². The maximum Gasteiger partial charge on any atom is 0.129 e. The van der Waals surface area contributed by atoms with E-state index in [-0.39, 0.29) is 0 Å². The minimum Gasteiger partial charge on any atom is -0.493 e. The molecule has 0 amide bonds. The lowest BCUT2D eigenvalue weighted by atomic mass is 10.1. The second kappa shape index (κ2) is 7.39. The molecule has 0 spiro atoms. The predicted molar refractivity (Wildman–Crippen MR) is 75.8 cm³/mol. The van der Waals surface area contributed by atoms with Crippen molar-refractivity contribution in [3.8, 4) is 11.5 Å². The number of ether oxygens (including phenoxy) is 2. The molecular formula is C16H24O3. The largest absolute Gasteiger partial charge is 0.493 e. The summed E-state index contributed by atoms with van der Waals surface area (Å²) < 4.78 is 11.1. The van der Waals surface area contributed by atoms with E-state index < -0.39 is 6.10 Å². The summed E-state index contributed by atoms with van der Waals surface area (Å²) in [6, 6.07) is 5.68. The summed E-state index contributed by atoms with van der Waals surface area (Å²) >= 11 is 0. The van der Waals surface area contributed by atoms with Gasteiger partial charge >= 0.3 is 0 Å². The highest BCUT2D eigenvalue weighted by atomic mass is 16.5. The van der Waals surface area contributed by atoms with Crippen molar-refractivity contribution >= 4 is 0 Å². The Bertz CT molecular complexity index is 390. The average molecular weight is 264 g/mol. The van der Waals surface area contributed by atoms with E-state index in [1.165, 1.54) is 32.1 Å². The summed E-state index contributed by atoms with van der Waals surface area (Å²) in [5.41, 5.74) is 0.868. The van der Waals surface area contributed by atoms with Crippen LogP contribution in [0.2, 0.25) is 0 Å². The molecule has 19 heavy (non-hydrogen) atoms. The van der Waals surface area contributed by atoms with Crippen molar-refractivity contribution in [2.45, 2.75) is 51.6 Å². The highest BCUT2D eigenvalue weighted by Crippen LogP contribution is 2.35. The van der Waals surface area contributed by atoms with Crippen molar-refractivity contribution in [3.05, 3.63) is 23.8 Å². The van der Waals surface area contributed by atoms with E-state index >= 15 is 0 Å². The van der Waals surface area contributed by atoms with Crippen LogP contribution in [-0.2, 0) is 0 Å². The van der Waals surface area contributed by atoms with Gasteiger partial charge in [-0.15, -0.1) is 0 Å². The zero-order valence-electron chi connectivity index (χ0n) is 11.7. The van der Waals surface area contributed by atoms with Crippen molar-refractivity contribution in [1.29, 1.82) is 0 Å². The molecule has 0 aromatic heterocycles. The molecule has 1 aromatic rings. The molecule has 1 aliphatic heterocycles. The van der Waals surface area contributed by atoms with Gasteiger partial charge in [0.15, 0.2) is 0 Å². The molecule has 2 rings (SSSR count). The van der Waals surface area contributed by atoms with Crippen LogP contribution in [-0.4, -0.2) is 18.3 Å². The van der Waals surface area contributed by atoms with Gasteiger partial charge in [0.1, 0.15) is 24.2 Å². The number of aliphatic hydroxyl groups is 1. The predicted octanol–water partition coefficient (Wildman–Crippen LogP) is 3.85. The summed E-state index contributed by atoms with van der Waals surface area (Å²) in [4.78, 5) is 0. The molecule has 1 unspecified atom stereocenters. The fraction of sp³-hybridized carbons (Fsp3) is 0.625. The van der Waals surface area contributed by atoms with Gasteiger partial charge in [-0.1, -0.05) is 39.0 Å². The lowest BCUT2D eigenvalue weighted by Crippen LogP contribution is -1.97. The van der Waals surface area contributed by atoms with Crippen LogP contribution in [0.5, 0.6) is 11.5 Å². The maximum atomic E-state index is 9.62. The van der Waals surface area contributed by atoms with Crippen LogP contribution >= 0.6 is 0 Å². The minimum absolute atomic E-state index is 0.357. The van der Waals surface area contributed by atoms with Crippen LogP contribution in [0.1, 0.15) is 57.1 Å². The van der Waals surface area contributed by atoms with E-state index in [9.17, 15) is 5.11 Å². The van der Waals surface area contributed by atoms with Crippen LogP contribution in [0.4, 0.5) is 0 Å². The van der Waals surface area contributed by atoms with Gasteiger partial charge in [-0.25, -0.2) is 0 Å². The van der Waals surface area contributed by atoms with Gasteiger partial charge in [-0.05, 0) is 18.6 Å². The van der Waals surface area contributed by atoms with Crippen molar-refractivity contribution in [2.75, 3.05) is 13.2 Å². The van der Waals surface area contributed by atoms with Crippen LogP contribution in [0.15, 0.2) is 18.2 Å². The Morgan fingerprint density at radius 3 is 2.84 bits per heavy atom. The fourth-order valence-corrected chi connectivity index (χ4v) is 2.34. The van der Waals surface area contributed by atoms with Crippen LogP contribution in [0.25, 0.3) is 0 Å². The van der Waals surface area contributed by atoms with Gasteiger partial charge in [0.25, 0.3) is 0 Å². The van der Waals surface area contributed by atoms with Crippen molar-refractivity contribution < 1.29 is 14.6 Å². The molecule has 0 aliphatic carbocycles. The molecule has 1 atom stereocenters. The first-order chi connectivity index (χ1) is 9.31. The third-order valence-corrected chi connectivity index (χ3v) is 3.51. The first-order valence-electron chi connectivity index (χ1n) is 7.39. The Morgan fingerprint density at radius 2 is 2.00 bits per heavy atom. The molecule has 1 N–H and O–H groups in total. The Balaban J connectivity index is 1.67.